The van der Waals surface area contributed by atoms with Crippen LogP contribution in [0.3, 0.4) is 0 Å². The van der Waals surface area contributed by atoms with E-state index in [4.69, 9.17) is 4.74 Å². The third kappa shape index (κ3) is 14.0. The monoisotopic (exact) mass is 372 g/mol. The summed E-state index contributed by atoms with van der Waals surface area (Å²) < 4.78 is 4.98. The second kappa shape index (κ2) is 12.0. The second-order valence-corrected chi connectivity index (χ2v) is 4.86. The van der Waals surface area contributed by atoms with Crippen molar-refractivity contribution in [2.75, 3.05) is 39.9 Å². The summed E-state index contributed by atoms with van der Waals surface area (Å²) in [5, 5.41) is 9.80. The summed E-state index contributed by atoms with van der Waals surface area (Å²) in [6.07, 6.45) is 0. The van der Waals surface area contributed by atoms with Gasteiger partial charge in [-0.2, -0.15) is 0 Å². The molecule has 5 nitrogen and oxygen atoms in total. The molecule has 0 fully saturated rings. The molecule has 110 valence electrons. The molecule has 0 aromatic carbocycles. The quantitative estimate of drug-likeness (QED) is 0.272. The molecule has 0 rings (SSSR count). The summed E-state index contributed by atoms with van der Waals surface area (Å²) in [6, 6.07) is 0. The number of ether oxygens (including phenoxy) is 1. The third-order valence-corrected chi connectivity index (χ3v) is 1.98. The second-order valence-electron chi connectivity index (χ2n) is 4.86. The van der Waals surface area contributed by atoms with Gasteiger partial charge in [-0.1, -0.05) is 0 Å². The van der Waals surface area contributed by atoms with E-state index in [-0.39, 0.29) is 29.5 Å². The minimum Gasteiger partial charge on any atom is -0.383 e. The molecule has 0 aromatic heterocycles. The summed E-state index contributed by atoms with van der Waals surface area (Å²) in [5.41, 5.74) is 0.150. The normalized spacial score (nSPS) is 11.9. The number of halogens is 1. The Morgan fingerprint density at radius 1 is 1.17 bits per heavy atom. The summed E-state index contributed by atoms with van der Waals surface area (Å²) in [4.78, 5) is 4.46. The highest BCUT2D eigenvalue weighted by Crippen LogP contribution is 1.96. The van der Waals surface area contributed by atoms with E-state index >= 15 is 0 Å². The molecule has 3 N–H and O–H groups in total. The number of guanidine groups is 1. The topological polar surface area (TPSA) is 57.7 Å². The van der Waals surface area contributed by atoms with Crippen molar-refractivity contribution >= 4 is 29.9 Å². The van der Waals surface area contributed by atoms with Gasteiger partial charge in [-0.15, -0.1) is 24.0 Å². The molecule has 0 atom stereocenters. The largest absolute Gasteiger partial charge is 0.383 e. The molecular weight excluding hydrogens is 343 g/mol. The van der Waals surface area contributed by atoms with E-state index in [0.29, 0.717) is 6.61 Å². The van der Waals surface area contributed by atoms with Crippen LogP contribution < -0.4 is 16.0 Å². The fraction of sp³-hybridized carbons (Fsp3) is 0.917. The molecule has 18 heavy (non-hydrogen) atoms. The number of methoxy groups -OCH3 is 1. The first kappa shape index (κ1) is 20.2. The average Bonchev–Trinajstić information content (AvgIpc) is 2.23. The molecule has 0 aliphatic carbocycles. The van der Waals surface area contributed by atoms with Gasteiger partial charge in [-0.05, 0) is 27.7 Å². The Morgan fingerprint density at radius 2 is 1.83 bits per heavy atom. The number of rotatable bonds is 7. The Balaban J connectivity index is 0. The van der Waals surface area contributed by atoms with Crippen LogP contribution in [0.5, 0.6) is 0 Å². The maximum absolute atomic E-state index is 4.98. The third-order valence-electron chi connectivity index (χ3n) is 1.98. The maximum atomic E-state index is 4.98. The van der Waals surface area contributed by atoms with Crippen molar-refractivity contribution in [2.45, 2.75) is 33.2 Å². The molecule has 0 aliphatic rings. The highest BCUT2D eigenvalue weighted by Gasteiger charge is 2.06. The van der Waals surface area contributed by atoms with Gasteiger partial charge in [0.25, 0.3) is 0 Å². The fourth-order valence-electron chi connectivity index (χ4n) is 1.21. The molecule has 0 bridgehead atoms. The Kier molecular flexibility index (Phi) is 13.5. The van der Waals surface area contributed by atoms with Crippen molar-refractivity contribution in [3.05, 3.63) is 0 Å². The molecular formula is C12H29IN4O. The van der Waals surface area contributed by atoms with Crippen LogP contribution in [0.25, 0.3) is 0 Å². The van der Waals surface area contributed by atoms with Crippen molar-refractivity contribution in [1.82, 2.24) is 16.0 Å². The first-order valence-corrected chi connectivity index (χ1v) is 6.25. The molecule has 0 unspecified atom stereocenters. The van der Waals surface area contributed by atoms with Crippen LogP contribution >= 0.6 is 24.0 Å². The highest BCUT2D eigenvalue weighted by molar-refractivity contribution is 14.0. The summed E-state index contributed by atoms with van der Waals surface area (Å²) >= 11 is 0. The maximum Gasteiger partial charge on any atom is 0.191 e. The van der Waals surface area contributed by atoms with E-state index < -0.39 is 0 Å². The van der Waals surface area contributed by atoms with Crippen LogP contribution in [-0.2, 0) is 4.74 Å². The lowest BCUT2D eigenvalue weighted by Crippen LogP contribution is -2.40. The van der Waals surface area contributed by atoms with E-state index in [1.807, 2.05) is 0 Å². The van der Waals surface area contributed by atoms with Crippen molar-refractivity contribution in [2.24, 2.45) is 4.99 Å². The van der Waals surface area contributed by atoms with Gasteiger partial charge in [-0.3, -0.25) is 4.99 Å². The molecule has 0 saturated carbocycles. The Hall–Kier alpha value is -0.0800. The van der Waals surface area contributed by atoms with Gasteiger partial charge in [0.1, 0.15) is 0 Å². The lowest BCUT2D eigenvalue weighted by Gasteiger charge is -2.19. The fourth-order valence-corrected chi connectivity index (χ4v) is 1.21. The molecule has 0 amide bonds. The Morgan fingerprint density at radius 3 is 2.33 bits per heavy atom. The molecule has 0 radical (unpaired) electrons. The number of aliphatic imine (C=N–C) groups is 1. The van der Waals surface area contributed by atoms with Gasteiger partial charge < -0.3 is 20.7 Å². The van der Waals surface area contributed by atoms with Gasteiger partial charge in [0.15, 0.2) is 5.96 Å². The summed E-state index contributed by atoms with van der Waals surface area (Å²) in [5.74, 6) is 0.847. The molecule has 0 spiro atoms. The predicted molar refractivity (Wildman–Crippen MR) is 89.0 cm³/mol. The predicted octanol–water partition coefficient (Wildman–Crippen LogP) is 1.19. The number of nitrogens with zero attached hydrogens (tertiary/aromatic N) is 1. The van der Waals surface area contributed by atoms with E-state index in [0.717, 1.165) is 32.1 Å². The average molecular weight is 372 g/mol. The van der Waals surface area contributed by atoms with Crippen molar-refractivity contribution in [1.29, 1.82) is 0 Å². The van der Waals surface area contributed by atoms with E-state index in [2.05, 4.69) is 48.6 Å². The first-order chi connectivity index (χ1) is 7.99. The van der Waals surface area contributed by atoms with Crippen molar-refractivity contribution in [3.63, 3.8) is 0 Å². The minimum atomic E-state index is 0. The lowest BCUT2D eigenvalue weighted by molar-refractivity contribution is 0.203. The van der Waals surface area contributed by atoms with E-state index in [1.54, 1.807) is 7.11 Å². The number of hydrogen-bond acceptors (Lipinski definition) is 3. The van der Waals surface area contributed by atoms with Gasteiger partial charge in [-0.25, -0.2) is 0 Å². The van der Waals surface area contributed by atoms with Crippen molar-refractivity contribution in [3.8, 4) is 0 Å². The first-order valence-electron chi connectivity index (χ1n) is 6.25. The smallest absolute Gasteiger partial charge is 0.191 e. The van der Waals surface area contributed by atoms with Crippen LogP contribution in [0.15, 0.2) is 4.99 Å². The van der Waals surface area contributed by atoms with Gasteiger partial charge in [0.05, 0.1) is 13.2 Å². The summed E-state index contributed by atoms with van der Waals surface area (Å²) in [7, 11) is 1.69. The molecule has 0 aromatic rings. The lowest BCUT2D eigenvalue weighted by atomic mass is 10.1. The molecule has 6 heteroatoms. The van der Waals surface area contributed by atoms with E-state index in [1.165, 1.54) is 0 Å². The standard InChI is InChI=1S/C12H28N4O.HI/c1-6-13-11(15-9-10-17-5)14-7-8-16-12(2,3)4;/h16H,6-10H2,1-5H3,(H2,13,14,15);1H. The minimum absolute atomic E-state index is 0. The van der Waals surface area contributed by atoms with Crippen LogP contribution in [0.2, 0.25) is 0 Å². The van der Waals surface area contributed by atoms with Crippen LogP contribution in [-0.4, -0.2) is 51.4 Å². The van der Waals surface area contributed by atoms with Gasteiger partial charge in [0.2, 0.25) is 0 Å². The zero-order valence-electron chi connectivity index (χ0n) is 12.3. The zero-order valence-corrected chi connectivity index (χ0v) is 14.6. The molecule has 0 heterocycles. The highest BCUT2D eigenvalue weighted by atomic mass is 127. The molecule has 0 saturated heterocycles. The van der Waals surface area contributed by atoms with Crippen LogP contribution in [0.4, 0.5) is 0 Å². The number of nitrogens with one attached hydrogen (secondary N) is 3. The van der Waals surface area contributed by atoms with Gasteiger partial charge in [0, 0.05) is 32.3 Å². The molecule has 0 aliphatic heterocycles. The van der Waals surface area contributed by atoms with Crippen LogP contribution in [0, 0.1) is 0 Å². The van der Waals surface area contributed by atoms with E-state index in [9.17, 15) is 0 Å². The SMILES string of the molecule is CCNC(=NCCNC(C)(C)C)NCCOC.I. The van der Waals surface area contributed by atoms with Crippen LogP contribution in [0.1, 0.15) is 27.7 Å². The Bertz CT molecular complexity index is 217. The Labute approximate surface area is 129 Å². The van der Waals surface area contributed by atoms with Crippen molar-refractivity contribution < 1.29 is 4.74 Å². The summed E-state index contributed by atoms with van der Waals surface area (Å²) in [6.45, 7) is 12.5. The number of hydrogen-bond donors (Lipinski definition) is 3. The zero-order chi connectivity index (χ0) is 13.1. The van der Waals surface area contributed by atoms with Gasteiger partial charge >= 0.3 is 0 Å².